The molecule has 130 valence electrons. The summed E-state index contributed by atoms with van der Waals surface area (Å²) in [6, 6.07) is 12.1. The van der Waals surface area contributed by atoms with Gasteiger partial charge in [-0.25, -0.2) is 4.39 Å². The minimum Gasteiger partial charge on any atom is -0.325 e. The lowest BCUT2D eigenvalue weighted by Gasteiger charge is -2.17. The molecule has 1 heterocycles. The van der Waals surface area contributed by atoms with Gasteiger partial charge in [-0.1, -0.05) is 25.1 Å². The van der Waals surface area contributed by atoms with Crippen molar-refractivity contribution in [2.45, 2.75) is 26.7 Å². The highest BCUT2D eigenvalue weighted by Crippen LogP contribution is 2.27. The Morgan fingerprint density at radius 3 is 2.64 bits per heavy atom. The second-order valence-electron chi connectivity index (χ2n) is 6.37. The second-order valence-corrected chi connectivity index (χ2v) is 6.37. The third-order valence-corrected chi connectivity index (χ3v) is 4.61. The summed E-state index contributed by atoms with van der Waals surface area (Å²) in [6.07, 6.45) is 1.10. The van der Waals surface area contributed by atoms with E-state index in [1.807, 2.05) is 24.3 Å². The van der Waals surface area contributed by atoms with Crippen LogP contribution in [0.5, 0.6) is 0 Å². The zero-order valence-electron chi connectivity index (χ0n) is 14.4. The summed E-state index contributed by atoms with van der Waals surface area (Å²) < 4.78 is 13.4. The fourth-order valence-corrected chi connectivity index (χ4v) is 3.01. The lowest BCUT2D eigenvalue weighted by Crippen LogP contribution is -2.28. The normalized spacial score (nSPS) is 17.0. The number of aryl methyl sites for hydroxylation is 2. The minimum absolute atomic E-state index is 0.0691. The molecule has 5 heteroatoms. The first-order valence-electron chi connectivity index (χ1n) is 8.44. The molecule has 0 aromatic heterocycles. The molecule has 1 aliphatic rings. The number of amides is 2. The van der Waals surface area contributed by atoms with Crippen LogP contribution in [-0.4, -0.2) is 18.4 Å². The van der Waals surface area contributed by atoms with Crippen molar-refractivity contribution in [2.24, 2.45) is 5.92 Å². The number of nitrogens with one attached hydrogen (secondary N) is 1. The maximum atomic E-state index is 13.4. The molecule has 1 unspecified atom stereocenters. The molecular formula is C20H21FN2O2. The third-order valence-electron chi connectivity index (χ3n) is 4.61. The predicted molar refractivity (Wildman–Crippen MR) is 96.0 cm³/mol. The first kappa shape index (κ1) is 17.1. The third kappa shape index (κ3) is 3.71. The van der Waals surface area contributed by atoms with Crippen molar-refractivity contribution in [2.75, 3.05) is 16.8 Å². The van der Waals surface area contributed by atoms with Crippen LogP contribution in [0.4, 0.5) is 15.8 Å². The van der Waals surface area contributed by atoms with Crippen LogP contribution >= 0.6 is 0 Å². The molecule has 1 fully saturated rings. The Bertz CT molecular complexity index is 802. The molecule has 2 amide bonds. The summed E-state index contributed by atoms with van der Waals surface area (Å²) in [6.45, 7) is 4.21. The molecule has 0 bridgehead atoms. The Balaban J connectivity index is 1.70. The number of carbonyl (C=O) groups excluding carboxylic acids is 2. The van der Waals surface area contributed by atoms with Gasteiger partial charge >= 0.3 is 0 Å². The summed E-state index contributed by atoms with van der Waals surface area (Å²) in [5.41, 5.74) is 3.24. The van der Waals surface area contributed by atoms with Gasteiger partial charge in [-0.3, -0.25) is 9.59 Å². The average molecular weight is 340 g/mol. The molecule has 0 radical (unpaired) electrons. The number of nitrogens with zero attached hydrogens (tertiary/aromatic N) is 1. The monoisotopic (exact) mass is 340 g/mol. The van der Waals surface area contributed by atoms with E-state index in [4.69, 9.17) is 0 Å². The van der Waals surface area contributed by atoms with Gasteiger partial charge in [-0.2, -0.15) is 0 Å². The molecule has 1 N–H and O–H groups in total. The Hall–Kier alpha value is -2.69. The van der Waals surface area contributed by atoms with Crippen LogP contribution in [0.25, 0.3) is 0 Å². The quantitative estimate of drug-likeness (QED) is 0.923. The Kier molecular flexibility index (Phi) is 4.83. The van der Waals surface area contributed by atoms with Crippen molar-refractivity contribution in [1.82, 2.24) is 0 Å². The van der Waals surface area contributed by atoms with E-state index in [1.54, 1.807) is 17.9 Å². The van der Waals surface area contributed by atoms with Gasteiger partial charge in [0.2, 0.25) is 11.8 Å². The maximum Gasteiger partial charge on any atom is 0.229 e. The van der Waals surface area contributed by atoms with Crippen molar-refractivity contribution >= 4 is 23.2 Å². The van der Waals surface area contributed by atoms with Crippen LogP contribution in [0.3, 0.4) is 0 Å². The molecular weight excluding hydrogens is 319 g/mol. The molecule has 0 aliphatic carbocycles. The smallest absolute Gasteiger partial charge is 0.229 e. The van der Waals surface area contributed by atoms with Crippen molar-refractivity contribution in [3.8, 4) is 0 Å². The number of hydrogen-bond acceptors (Lipinski definition) is 2. The van der Waals surface area contributed by atoms with Gasteiger partial charge in [0.15, 0.2) is 0 Å². The molecule has 0 spiro atoms. The molecule has 2 aromatic carbocycles. The fraction of sp³-hybridized carbons (Fsp3) is 0.300. The van der Waals surface area contributed by atoms with Gasteiger partial charge in [0.25, 0.3) is 0 Å². The topological polar surface area (TPSA) is 49.4 Å². The van der Waals surface area contributed by atoms with Gasteiger partial charge in [0.05, 0.1) is 5.92 Å². The summed E-state index contributed by atoms with van der Waals surface area (Å²) in [5, 5.41) is 2.75. The first-order chi connectivity index (χ1) is 12.0. The van der Waals surface area contributed by atoms with E-state index in [1.165, 1.54) is 17.7 Å². The highest BCUT2D eigenvalue weighted by molar-refractivity contribution is 6.03. The fourth-order valence-electron chi connectivity index (χ4n) is 3.01. The Morgan fingerprint density at radius 1 is 1.24 bits per heavy atom. The van der Waals surface area contributed by atoms with Crippen LogP contribution in [0.2, 0.25) is 0 Å². The van der Waals surface area contributed by atoms with Gasteiger partial charge in [-0.05, 0) is 48.7 Å². The van der Waals surface area contributed by atoms with Gasteiger partial charge in [-0.15, -0.1) is 0 Å². The SMILES string of the molecule is CCc1ccc(N2CC(C(=O)Nc3cc(F)ccc3C)CC2=O)cc1. The summed E-state index contributed by atoms with van der Waals surface area (Å²) >= 11 is 0. The largest absolute Gasteiger partial charge is 0.325 e. The van der Waals surface area contributed by atoms with E-state index in [-0.39, 0.29) is 18.2 Å². The minimum atomic E-state index is -0.444. The van der Waals surface area contributed by atoms with Crippen molar-refractivity contribution in [1.29, 1.82) is 0 Å². The number of anilines is 2. The van der Waals surface area contributed by atoms with Crippen molar-refractivity contribution in [3.63, 3.8) is 0 Å². The standard InChI is InChI=1S/C20H21FN2O2/c1-3-14-5-8-17(9-6-14)23-12-15(10-19(23)24)20(25)22-18-11-16(21)7-4-13(18)2/h4-9,11,15H,3,10,12H2,1-2H3,(H,22,25). The van der Waals surface area contributed by atoms with Gasteiger partial charge in [0, 0.05) is 24.3 Å². The first-order valence-corrected chi connectivity index (χ1v) is 8.44. The molecule has 0 saturated carbocycles. The molecule has 25 heavy (non-hydrogen) atoms. The number of carbonyl (C=O) groups is 2. The van der Waals surface area contributed by atoms with Gasteiger partial charge in [0.1, 0.15) is 5.82 Å². The average Bonchev–Trinajstić information content (AvgIpc) is 3.00. The number of halogens is 1. The van der Waals surface area contributed by atoms with E-state index in [0.29, 0.717) is 12.2 Å². The maximum absolute atomic E-state index is 13.4. The van der Waals surface area contributed by atoms with E-state index >= 15 is 0 Å². The van der Waals surface area contributed by atoms with Gasteiger partial charge < -0.3 is 10.2 Å². The molecule has 4 nitrogen and oxygen atoms in total. The summed E-state index contributed by atoms with van der Waals surface area (Å²) in [5.74, 6) is -1.17. The molecule has 1 saturated heterocycles. The lowest BCUT2D eigenvalue weighted by molar-refractivity contribution is -0.122. The lowest BCUT2D eigenvalue weighted by atomic mass is 10.1. The van der Waals surface area contributed by atoms with E-state index in [2.05, 4.69) is 12.2 Å². The Labute approximate surface area is 146 Å². The highest BCUT2D eigenvalue weighted by atomic mass is 19.1. The van der Waals surface area contributed by atoms with E-state index in [9.17, 15) is 14.0 Å². The van der Waals surface area contributed by atoms with Crippen LogP contribution in [0, 0.1) is 18.7 Å². The number of hydrogen-bond donors (Lipinski definition) is 1. The zero-order chi connectivity index (χ0) is 18.0. The molecule has 3 rings (SSSR count). The van der Waals surface area contributed by atoms with Crippen molar-refractivity contribution in [3.05, 3.63) is 59.4 Å². The zero-order valence-corrected chi connectivity index (χ0v) is 14.4. The van der Waals surface area contributed by atoms with Crippen molar-refractivity contribution < 1.29 is 14.0 Å². The molecule has 1 atom stereocenters. The summed E-state index contributed by atoms with van der Waals surface area (Å²) in [4.78, 5) is 26.4. The number of rotatable bonds is 4. The van der Waals surface area contributed by atoms with Crippen LogP contribution < -0.4 is 10.2 Å². The summed E-state index contributed by atoms with van der Waals surface area (Å²) in [7, 11) is 0. The van der Waals surface area contributed by atoms with Crippen LogP contribution in [0.15, 0.2) is 42.5 Å². The predicted octanol–water partition coefficient (Wildman–Crippen LogP) is 3.69. The van der Waals surface area contributed by atoms with E-state index < -0.39 is 11.7 Å². The molecule has 1 aliphatic heterocycles. The second kappa shape index (κ2) is 7.05. The number of benzene rings is 2. The highest BCUT2D eigenvalue weighted by Gasteiger charge is 2.35. The Morgan fingerprint density at radius 2 is 1.96 bits per heavy atom. The van der Waals surface area contributed by atoms with E-state index in [0.717, 1.165) is 17.7 Å². The van der Waals surface area contributed by atoms with Crippen LogP contribution in [-0.2, 0) is 16.0 Å². The van der Waals surface area contributed by atoms with Crippen LogP contribution in [0.1, 0.15) is 24.5 Å². The molecule has 2 aromatic rings.